The highest BCUT2D eigenvalue weighted by atomic mass is 16.5. The van der Waals surface area contributed by atoms with Crippen molar-refractivity contribution in [3.63, 3.8) is 0 Å². The number of rotatable bonds is 4. The topological polar surface area (TPSA) is 104 Å². The SMILES string of the molecule is COc1cc(OC)c([C@H]2C(C#N)=C(N)OC3=C2C(=O)CCC3)cc1OC. The Labute approximate surface area is 151 Å². The normalized spacial score (nSPS) is 19.5. The van der Waals surface area contributed by atoms with Gasteiger partial charge >= 0.3 is 0 Å². The van der Waals surface area contributed by atoms with Crippen molar-refractivity contribution in [1.29, 1.82) is 5.26 Å². The van der Waals surface area contributed by atoms with E-state index in [1.165, 1.54) is 21.3 Å². The summed E-state index contributed by atoms with van der Waals surface area (Å²) in [7, 11) is 4.56. The molecule has 2 N–H and O–H groups in total. The van der Waals surface area contributed by atoms with Crippen molar-refractivity contribution in [2.45, 2.75) is 25.2 Å². The Hall–Kier alpha value is -3.14. The molecule has 0 saturated heterocycles. The Kier molecular flexibility index (Phi) is 4.76. The van der Waals surface area contributed by atoms with Gasteiger partial charge in [-0.15, -0.1) is 0 Å². The third kappa shape index (κ3) is 2.73. The van der Waals surface area contributed by atoms with Gasteiger partial charge in [0.1, 0.15) is 23.2 Å². The van der Waals surface area contributed by atoms with Crippen LogP contribution >= 0.6 is 0 Å². The molecule has 0 amide bonds. The predicted octanol–water partition coefficient (Wildman–Crippen LogP) is 2.53. The lowest BCUT2D eigenvalue weighted by molar-refractivity contribution is -0.116. The van der Waals surface area contributed by atoms with Crippen LogP contribution in [0.3, 0.4) is 0 Å². The van der Waals surface area contributed by atoms with Crippen molar-refractivity contribution in [2.75, 3.05) is 21.3 Å². The molecule has 136 valence electrons. The lowest BCUT2D eigenvalue weighted by Gasteiger charge is -2.31. The van der Waals surface area contributed by atoms with Gasteiger partial charge in [-0.1, -0.05) is 0 Å². The number of nitriles is 1. The van der Waals surface area contributed by atoms with Crippen LogP contribution in [0, 0.1) is 11.3 Å². The second kappa shape index (κ2) is 7.00. The molecule has 3 rings (SSSR count). The van der Waals surface area contributed by atoms with Crippen LogP contribution in [0.25, 0.3) is 0 Å². The molecule has 0 unspecified atom stereocenters. The first-order chi connectivity index (χ1) is 12.5. The maximum Gasteiger partial charge on any atom is 0.205 e. The van der Waals surface area contributed by atoms with Crippen molar-refractivity contribution in [3.8, 4) is 23.3 Å². The van der Waals surface area contributed by atoms with Gasteiger partial charge in [0.05, 0.1) is 27.2 Å². The van der Waals surface area contributed by atoms with Crippen molar-refractivity contribution in [1.82, 2.24) is 0 Å². The molecule has 1 aromatic carbocycles. The molecular formula is C19H20N2O5. The van der Waals surface area contributed by atoms with Gasteiger partial charge in [-0.05, 0) is 12.5 Å². The fourth-order valence-electron chi connectivity index (χ4n) is 3.45. The number of hydrogen-bond acceptors (Lipinski definition) is 7. The number of allylic oxidation sites excluding steroid dienone is 3. The number of nitrogens with two attached hydrogens (primary N) is 1. The van der Waals surface area contributed by atoms with Gasteiger partial charge in [-0.2, -0.15) is 5.26 Å². The molecule has 0 saturated carbocycles. The number of ether oxygens (including phenoxy) is 4. The number of carbonyl (C=O) groups excluding carboxylic acids is 1. The van der Waals surface area contributed by atoms with Crippen LogP contribution in [0.4, 0.5) is 0 Å². The minimum absolute atomic E-state index is 0.0165. The summed E-state index contributed by atoms with van der Waals surface area (Å²) in [6, 6.07) is 5.47. The Bertz CT molecular complexity index is 863. The van der Waals surface area contributed by atoms with Crippen LogP contribution in [0.15, 0.2) is 34.9 Å². The Morgan fingerprint density at radius 3 is 2.38 bits per heavy atom. The standard InChI is InChI=1S/C19H20N2O5/c1-23-14-8-16(25-3)15(24-2)7-10(14)17-11(9-20)19(21)26-13-6-4-5-12(22)18(13)17/h7-8,17H,4-6,21H2,1-3H3/t17-/m0/s1. The summed E-state index contributed by atoms with van der Waals surface area (Å²) in [4.78, 5) is 12.7. The zero-order valence-electron chi connectivity index (χ0n) is 14.9. The van der Waals surface area contributed by atoms with Gasteiger partial charge in [0, 0.05) is 30.0 Å². The number of carbonyl (C=O) groups is 1. The summed E-state index contributed by atoms with van der Waals surface area (Å²) < 4.78 is 21.8. The molecule has 2 aliphatic rings. The second-order valence-electron chi connectivity index (χ2n) is 5.99. The average molecular weight is 356 g/mol. The summed E-state index contributed by atoms with van der Waals surface area (Å²) in [6.45, 7) is 0. The van der Waals surface area contributed by atoms with Gasteiger partial charge in [-0.25, -0.2) is 0 Å². The third-order valence-electron chi connectivity index (χ3n) is 4.65. The molecule has 0 fully saturated rings. The molecule has 1 atom stereocenters. The van der Waals surface area contributed by atoms with E-state index in [1.807, 2.05) is 0 Å². The smallest absolute Gasteiger partial charge is 0.205 e. The summed E-state index contributed by atoms with van der Waals surface area (Å²) >= 11 is 0. The summed E-state index contributed by atoms with van der Waals surface area (Å²) in [5, 5.41) is 9.66. The number of ketones is 1. The molecule has 1 heterocycles. The van der Waals surface area contributed by atoms with E-state index in [2.05, 4.69) is 6.07 Å². The van der Waals surface area contributed by atoms with E-state index in [0.717, 1.165) is 0 Å². The number of Topliss-reactive ketones (excluding diaryl/α,β-unsaturated/α-hetero) is 1. The highest BCUT2D eigenvalue weighted by molar-refractivity contribution is 5.99. The van der Waals surface area contributed by atoms with E-state index in [1.54, 1.807) is 12.1 Å². The van der Waals surface area contributed by atoms with Crippen molar-refractivity contribution < 1.29 is 23.7 Å². The predicted molar refractivity (Wildman–Crippen MR) is 92.6 cm³/mol. The van der Waals surface area contributed by atoms with E-state index in [9.17, 15) is 10.1 Å². The maximum absolute atomic E-state index is 12.7. The maximum atomic E-state index is 12.7. The molecule has 1 aliphatic carbocycles. The first-order valence-electron chi connectivity index (χ1n) is 8.19. The van der Waals surface area contributed by atoms with Crippen LogP contribution < -0.4 is 19.9 Å². The highest BCUT2D eigenvalue weighted by Gasteiger charge is 2.39. The molecule has 0 radical (unpaired) electrons. The van der Waals surface area contributed by atoms with E-state index in [-0.39, 0.29) is 17.2 Å². The minimum Gasteiger partial charge on any atom is -0.496 e. The average Bonchev–Trinajstić information content (AvgIpc) is 2.65. The van der Waals surface area contributed by atoms with Gasteiger partial charge in [0.2, 0.25) is 5.88 Å². The first kappa shape index (κ1) is 17.7. The number of methoxy groups -OCH3 is 3. The van der Waals surface area contributed by atoms with Gasteiger partial charge < -0.3 is 24.7 Å². The largest absolute Gasteiger partial charge is 0.496 e. The Morgan fingerprint density at radius 1 is 1.12 bits per heavy atom. The fraction of sp³-hybridized carbons (Fsp3) is 0.368. The molecule has 0 bridgehead atoms. The molecule has 7 heteroatoms. The van der Waals surface area contributed by atoms with Crippen LogP contribution in [0.2, 0.25) is 0 Å². The zero-order valence-corrected chi connectivity index (χ0v) is 14.9. The van der Waals surface area contributed by atoms with E-state index in [4.69, 9.17) is 24.7 Å². The van der Waals surface area contributed by atoms with Crippen LogP contribution in [-0.4, -0.2) is 27.1 Å². The molecular weight excluding hydrogens is 336 g/mol. The summed E-state index contributed by atoms with van der Waals surface area (Å²) in [5.41, 5.74) is 7.24. The minimum atomic E-state index is -0.661. The molecule has 7 nitrogen and oxygen atoms in total. The molecule has 0 spiro atoms. The zero-order chi connectivity index (χ0) is 18.8. The number of nitrogens with zero attached hydrogens (tertiary/aromatic N) is 1. The lowest BCUT2D eigenvalue weighted by Crippen LogP contribution is -2.27. The van der Waals surface area contributed by atoms with E-state index in [0.29, 0.717) is 53.4 Å². The Morgan fingerprint density at radius 2 is 1.77 bits per heavy atom. The van der Waals surface area contributed by atoms with E-state index >= 15 is 0 Å². The number of hydrogen-bond donors (Lipinski definition) is 1. The third-order valence-corrected chi connectivity index (χ3v) is 4.65. The summed E-state index contributed by atoms with van der Waals surface area (Å²) in [5.74, 6) is 1.26. The van der Waals surface area contributed by atoms with Crippen LogP contribution in [0.1, 0.15) is 30.7 Å². The van der Waals surface area contributed by atoms with Gasteiger partial charge in [0.15, 0.2) is 17.3 Å². The lowest BCUT2D eigenvalue weighted by atomic mass is 9.77. The fourth-order valence-corrected chi connectivity index (χ4v) is 3.45. The van der Waals surface area contributed by atoms with Crippen molar-refractivity contribution >= 4 is 5.78 Å². The molecule has 1 aromatic rings. The molecule has 1 aliphatic heterocycles. The van der Waals surface area contributed by atoms with Gasteiger partial charge in [0.25, 0.3) is 0 Å². The van der Waals surface area contributed by atoms with Crippen molar-refractivity contribution in [2.24, 2.45) is 5.73 Å². The van der Waals surface area contributed by atoms with E-state index < -0.39 is 5.92 Å². The van der Waals surface area contributed by atoms with Gasteiger partial charge in [-0.3, -0.25) is 4.79 Å². The molecule has 0 aromatic heterocycles. The quantitative estimate of drug-likeness (QED) is 0.884. The van der Waals surface area contributed by atoms with Crippen molar-refractivity contribution in [3.05, 3.63) is 40.5 Å². The Balaban J connectivity index is 2.27. The summed E-state index contributed by atoms with van der Waals surface area (Å²) in [6.07, 6.45) is 1.71. The number of benzene rings is 1. The molecule has 26 heavy (non-hydrogen) atoms. The second-order valence-corrected chi connectivity index (χ2v) is 5.99. The van der Waals surface area contributed by atoms with Crippen LogP contribution in [-0.2, 0) is 9.53 Å². The van der Waals surface area contributed by atoms with Crippen LogP contribution in [0.5, 0.6) is 17.2 Å². The highest BCUT2D eigenvalue weighted by Crippen LogP contribution is 2.48. The first-order valence-corrected chi connectivity index (χ1v) is 8.19. The monoisotopic (exact) mass is 356 g/mol.